The Hall–Kier alpha value is -1.51. The van der Waals surface area contributed by atoms with Gasteiger partial charge in [0.1, 0.15) is 11.3 Å². The third-order valence-electron chi connectivity index (χ3n) is 2.64. The zero-order valence-corrected chi connectivity index (χ0v) is 10.3. The van der Waals surface area contributed by atoms with Crippen molar-refractivity contribution in [2.24, 2.45) is 0 Å². The quantitative estimate of drug-likeness (QED) is 0.790. The Morgan fingerprint density at radius 3 is 2.75 bits per heavy atom. The average Bonchev–Trinajstić information content (AvgIpc) is 2.61. The van der Waals surface area contributed by atoms with Gasteiger partial charge in [0.25, 0.3) is 0 Å². The van der Waals surface area contributed by atoms with E-state index in [-0.39, 0.29) is 0 Å². The van der Waals surface area contributed by atoms with Crippen molar-refractivity contribution in [1.29, 1.82) is 0 Å². The summed E-state index contributed by atoms with van der Waals surface area (Å²) in [6.07, 6.45) is 1.89. The van der Waals surface area contributed by atoms with Gasteiger partial charge in [0.2, 0.25) is 0 Å². The van der Waals surface area contributed by atoms with Gasteiger partial charge in [0.15, 0.2) is 0 Å². The van der Waals surface area contributed by atoms with Crippen LogP contribution in [0.5, 0.6) is 5.75 Å². The standard InChI is InChI=1S/C13H18N2O/c1-5-16-12-7-10(4)6-11-13(12)14-8-15(11)9(2)3/h6-9H,5H2,1-4H3. The first-order chi connectivity index (χ1) is 7.63. The van der Waals surface area contributed by atoms with E-state index in [1.807, 2.05) is 19.3 Å². The van der Waals surface area contributed by atoms with Gasteiger partial charge < -0.3 is 9.30 Å². The van der Waals surface area contributed by atoms with E-state index in [0.717, 1.165) is 16.8 Å². The van der Waals surface area contributed by atoms with E-state index in [2.05, 4.69) is 36.4 Å². The number of hydrogen-bond acceptors (Lipinski definition) is 2. The monoisotopic (exact) mass is 218 g/mol. The van der Waals surface area contributed by atoms with Crippen LogP contribution in [0.1, 0.15) is 32.4 Å². The van der Waals surface area contributed by atoms with E-state index in [1.165, 1.54) is 5.56 Å². The summed E-state index contributed by atoms with van der Waals surface area (Å²) in [5, 5.41) is 0. The van der Waals surface area contributed by atoms with Gasteiger partial charge in [-0.25, -0.2) is 4.98 Å². The van der Waals surface area contributed by atoms with Crippen LogP contribution in [-0.2, 0) is 0 Å². The lowest BCUT2D eigenvalue weighted by Gasteiger charge is -2.10. The molecule has 0 radical (unpaired) electrons. The second-order valence-corrected chi connectivity index (χ2v) is 4.31. The molecule has 0 N–H and O–H groups in total. The SMILES string of the molecule is CCOc1cc(C)cc2c1ncn2C(C)C. The summed E-state index contributed by atoms with van der Waals surface area (Å²) in [6.45, 7) is 9.06. The number of aromatic nitrogens is 2. The molecule has 0 atom stereocenters. The lowest BCUT2D eigenvalue weighted by molar-refractivity contribution is 0.343. The number of aryl methyl sites for hydroxylation is 1. The Labute approximate surface area is 96.1 Å². The predicted molar refractivity (Wildman–Crippen MR) is 66.0 cm³/mol. The highest BCUT2D eigenvalue weighted by molar-refractivity contribution is 5.83. The van der Waals surface area contributed by atoms with E-state index < -0.39 is 0 Å². The van der Waals surface area contributed by atoms with Crippen LogP contribution in [0.4, 0.5) is 0 Å². The lowest BCUT2D eigenvalue weighted by Crippen LogP contribution is -1.99. The number of nitrogens with zero attached hydrogens (tertiary/aromatic N) is 2. The fraction of sp³-hybridized carbons (Fsp3) is 0.462. The topological polar surface area (TPSA) is 27.1 Å². The normalized spacial score (nSPS) is 11.3. The predicted octanol–water partition coefficient (Wildman–Crippen LogP) is 3.32. The Balaban J connectivity index is 2.65. The van der Waals surface area contributed by atoms with Crippen LogP contribution in [0.25, 0.3) is 11.0 Å². The molecule has 0 fully saturated rings. The molecule has 1 heterocycles. The second-order valence-electron chi connectivity index (χ2n) is 4.31. The Morgan fingerprint density at radius 1 is 1.38 bits per heavy atom. The molecule has 86 valence electrons. The maximum absolute atomic E-state index is 5.62. The molecule has 0 aliphatic heterocycles. The van der Waals surface area contributed by atoms with Crippen LogP contribution in [0.3, 0.4) is 0 Å². The summed E-state index contributed by atoms with van der Waals surface area (Å²) >= 11 is 0. The molecule has 3 nitrogen and oxygen atoms in total. The van der Waals surface area contributed by atoms with Gasteiger partial charge >= 0.3 is 0 Å². The van der Waals surface area contributed by atoms with Crippen molar-refractivity contribution in [3.8, 4) is 5.75 Å². The number of hydrogen-bond donors (Lipinski definition) is 0. The van der Waals surface area contributed by atoms with Gasteiger partial charge in [0, 0.05) is 6.04 Å². The molecule has 1 aromatic carbocycles. The molecule has 0 saturated heterocycles. The first-order valence-corrected chi connectivity index (χ1v) is 5.73. The average molecular weight is 218 g/mol. The fourth-order valence-corrected chi connectivity index (χ4v) is 1.91. The van der Waals surface area contributed by atoms with Gasteiger partial charge in [-0.3, -0.25) is 0 Å². The minimum atomic E-state index is 0.418. The number of fused-ring (bicyclic) bond motifs is 1. The van der Waals surface area contributed by atoms with E-state index in [4.69, 9.17) is 4.74 Å². The molecule has 0 spiro atoms. The van der Waals surface area contributed by atoms with Crippen molar-refractivity contribution < 1.29 is 4.74 Å². The smallest absolute Gasteiger partial charge is 0.147 e. The molecular weight excluding hydrogens is 200 g/mol. The first kappa shape index (κ1) is 11.0. The van der Waals surface area contributed by atoms with Gasteiger partial charge in [0.05, 0.1) is 18.5 Å². The van der Waals surface area contributed by atoms with Crippen molar-refractivity contribution >= 4 is 11.0 Å². The van der Waals surface area contributed by atoms with Crippen LogP contribution >= 0.6 is 0 Å². The zero-order valence-electron chi connectivity index (χ0n) is 10.3. The molecule has 2 rings (SSSR count). The zero-order chi connectivity index (χ0) is 11.7. The summed E-state index contributed by atoms with van der Waals surface area (Å²) in [5.74, 6) is 0.886. The van der Waals surface area contributed by atoms with Crippen LogP contribution in [-0.4, -0.2) is 16.2 Å². The van der Waals surface area contributed by atoms with E-state index >= 15 is 0 Å². The van der Waals surface area contributed by atoms with E-state index in [9.17, 15) is 0 Å². The number of ether oxygens (including phenoxy) is 1. The number of imidazole rings is 1. The molecule has 2 aromatic rings. The van der Waals surface area contributed by atoms with Crippen LogP contribution in [0, 0.1) is 6.92 Å². The van der Waals surface area contributed by atoms with Crippen molar-refractivity contribution in [1.82, 2.24) is 9.55 Å². The minimum Gasteiger partial charge on any atom is -0.492 e. The minimum absolute atomic E-state index is 0.418. The molecule has 0 amide bonds. The molecule has 0 unspecified atom stereocenters. The summed E-state index contributed by atoms with van der Waals surface area (Å²) in [4.78, 5) is 4.44. The summed E-state index contributed by atoms with van der Waals surface area (Å²) < 4.78 is 7.79. The summed E-state index contributed by atoms with van der Waals surface area (Å²) in [5.41, 5.74) is 3.32. The van der Waals surface area contributed by atoms with Gasteiger partial charge in [-0.15, -0.1) is 0 Å². The first-order valence-electron chi connectivity index (χ1n) is 5.73. The Bertz CT molecular complexity index is 500. The summed E-state index contributed by atoms with van der Waals surface area (Å²) in [6, 6.07) is 4.62. The molecule has 0 aliphatic rings. The highest BCUT2D eigenvalue weighted by atomic mass is 16.5. The Kier molecular flexibility index (Phi) is 2.86. The van der Waals surface area contributed by atoms with Gasteiger partial charge in [-0.1, -0.05) is 0 Å². The number of benzene rings is 1. The molecule has 1 aromatic heterocycles. The third kappa shape index (κ3) is 1.77. The van der Waals surface area contributed by atoms with Gasteiger partial charge in [-0.05, 0) is 45.4 Å². The van der Waals surface area contributed by atoms with Crippen molar-refractivity contribution in [3.63, 3.8) is 0 Å². The maximum Gasteiger partial charge on any atom is 0.147 e. The molecule has 3 heteroatoms. The summed E-state index contributed by atoms with van der Waals surface area (Å²) in [7, 11) is 0. The van der Waals surface area contributed by atoms with Gasteiger partial charge in [-0.2, -0.15) is 0 Å². The highest BCUT2D eigenvalue weighted by Gasteiger charge is 2.10. The van der Waals surface area contributed by atoms with Crippen LogP contribution in [0.15, 0.2) is 18.5 Å². The second kappa shape index (κ2) is 4.16. The van der Waals surface area contributed by atoms with Crippen molar-refractivity contribution in [2.45, 2.75) is 33.7 Å². The largest absolute Gasteiger partial charge is 0.492 e. The van der Waals surface area contributed by atoms with Crippen LogP contribution < -0.4 is 4.74 Å². The van der Waals surface area contributed by atoms with Crippen molar-refractivity contribution in [3.05, 3.63) is 24.0 Å². The number of rotatable bonds is 3. The molecular formula is C13H18N2O. The Morgan fingerprint density at radius 2 is 2.12 bits per heavy atom. The third-order valence-corrected chi connectivity index (χ3v) is 2.64. The fourth-order valence-electron chi connectivity index (χ4n) is 1.91. The maximum atomic E-state index is 5.62. The molecule has 0 bridgehead atoms. The van der Waals surface area contributed by atoms with Crippen LogP contribution in [0.2, 0.25) is 0 Å². The lowest BCUT2D eigenvalue weighted by atomic mass is 10.2. The van der Waals surface area contributed by atoms with E-state index in [0.29, 0.717) is 12.6 Å². The highest BCUT2D eigenvalue weighted by Crippen LogP contribution is 2.28. The van der Waals surface area contributed by atoms with E-state index in [1.54, 1.807) is 0 Å². The molecule has 16 heavy (non-hydrogen) atoms. The molecule has 0 aliphatic carbocycles. The van der Waals surface area contributed by atoms with Crippen molar-refractivity contribution in [2.75, 3.05) is 6.61 Å². The molecule has 0 saturated carbocycles.